The summed E-state index contributed by atoms with van der Waals surface area (Å²) in [6.07, 6.45) is -20.4. The molecule has 0 aromatic heterocycles. The van der Waals surface area contributed by atoms with Crippen LogP contribution >= 0.6 is 15.9 Å². The minimum atomic E-state index is -7.31. The summed E-state index contributed by atoms with van der Waals surface area (Å²) in [6.45, 7) is -1.04. The Kier molecular flexibility index (Phi) is 9.51. The van der Waals surface area contributed by atoms with Crippen molar-refractivity contribution in [3.63, 3.8) is 0 Å². The van der Waals surface area contributed by atoms with E-state index in [1.165, 1.54) is 30.3 Å². The first-order chi connectivity index (χ1) is 20.1. The Balaban J connectivity index is 2.32. The molecule has 0 saturated heterocycles. The lowest BCUT2D eigenvalue weighted by Crippen LogP contribution is -2.59. The van der Waals surface area contributed by atoms with E-state index in [0.29, 0.717) is 6.07 Å². The second-order valence-electron chi connectivity index (χ2n) is 8.82. The van der Waals surface area contributed by atoms with Gasteiger partial charge in [0.05, 0.1) is 23.4 Å². The lowest BCUT2D eigenvalue weighted by atomic mass is 9.86. The minimum Gasteiger partial charge on any atom is -0.293 e. The summed E-state index contributed by atoms with van der Waals surface area (Å²) in [5.74, 6) is -11.3. The van der Waals surface area contributed by atoms with Gasteiger partial charge in [0.1, 0.15) is 5.82 Å². The van der Waals surface area contributed by atoms with Crippen molar-refractivity contribution in [2.75, 3.05) is 11.6 Å². The van der Waals surface area contributed by atoms with Crippen LogP contribution in [0.15, 0.2) is 71.2 Å². The average molecular weight is 713 g/mol. The van der Waals surface area contributed by atoms with Gasteiger partial charge in [-0.15, -0.1) is 0 Å². The molecule has 0 radical (unpaired) electrons. The zero-order valence-electron chi connectivity index (χ0n) is 21.1. The highest BCUT2D eigenvalue weighted by molar-refractivity contribution is 9.10. The molecule has 0 saturated carbocycles. The Morgan fingerprint density at radius 2 is 1.30 bits per heavy atom. The number of nitrogens with zero attached hydrogens (tertiary/aromatic N) is 1. The van der Waals surface area contributed by atoms with E-state index >= 15 is 4.39 Å². The molecular formula is C26H14BrF13N2O2. The molecule has 18 heteroatoms. The summed E-state index contributed by atoms with van der Waals surface area (Å²) < 4.78 is 179. The van der Waals surface area contributed by atoms with Gasteiger partial charge in [-0.05, 0) is 40.2 Å². The standard InChI is InChI=1S/C26H14BrF13N2O2/c27-17-11-14(22(29,25(35,36)37)24(33,34)26(38,39)40)10-16(23(30,31)32)20(17)42(21(44)15-8-4-5-9-18(15)28)41-12-19(43)13-6-2-1-3-7-13/h1-11,41H,12H2. The summed E-state index contributed by atoms with van der Waals surface area (Å²) in [6, 6.07) is 8.83. The third-order valence-electron chi connectivity index (χ3n) is 5.97. The maximum absolute atomic E-state index is 15.1. The van der Waals surface area contributed by atoms with Gasteiger partial charge in [-0.25, -0.2) is 19.2 Å². The number of ketones is 1. The molecule has 0 fully saturated rings. The quantitative estimate of drug-likeness (QED) is 0.145. The molecule has 1 atom stereocenters. The number of Topliss-reactive ketones (excluding diaryl/α,β-unsaturated/α-hetero) is 1. The van der Waals surface area contributed by atoms with Gasteiger partial charge >= 0.3 is 30.1 Å². The molecule has 44 heavy (non-hydrogen) atoms. The van der Waals surface area contributed by atoms with Gasteiger partial charge in [0.25, 0.3) is 5.91 Å². The third kappa shape index (κ3) is 6.40. The highest BCUT2D eigenvalue weighted by Gasteiger charge is 2.82. The second kappa shape index (κ2) is 12.0. The Hall–Kier alpha value is -3.67. The van der Waals surface area contributed by atoms with Crippen LogP contribution in [0.3, 0.4) is 0 Å². The van der Waals surface area contributed by atoms with Crippen LogP contribution in [0.5, 0.6) is 0 Å². The molecule has 0 heterocycles. The molecule has 1 amide bonds. The first-order valence-electron chi connectivity index (χ1n) is 11.6. The van der Waals surface area contributed by atoms with Crippen LogP contribution in [0, 0.1) is 5.82 Å². The maximum atomic E-state index is 15.1. The van der Waals surface area contributed by atoms with Crippen LogP contribution in [0.25, 0.3) is 0 Å². The maximum Gasteiger partial charge on any atom is 0.457 e. The van der Waals surface area contributed by atoms with Crippen LogP contribution in [0.4, 0.5) is 62.8 Å². The largest absolute Gasteiger partial charge is 0.457 e. The van der Waals surface area contributed by atoms with Crippen molar-refractivity contribution in [2.45, 2.75) is 30.1 Å². The van der Waals surface area contributed by atoms with E-state index in [1.54, 1.807) is 0 Å². The first-order valence-corrected chi connectivity index (χ1v) is 12.4. The topological polar surface area (TPSA) is 49.4 Å². The number of hydrazine groups is 1. The van der Waals surface area contributed by atoms with Crippen LogP contribution < -0.4 is 10.4 Å². The number of hydrogen-bond donors (Lipinski definition) is 1. The Morgan fingerprint density at radius 3 is 1.80 bits per heavy atom. The number of carbonyl (C=O) groups excluding carboxylic acids is 2. The van der Waals surface area contributed by atoms with Gasteiger partial charge in [0.15, 0.2) is 5.78 Å². The van der Waals surface area contributed by atoms with Crippen LogP contribution in [0.1, 0.15) is 31.8 Å². The number of carbonyl (C=O) groups is 2. The lowest BCUT2D eigenvalue weighted by molar-refractivity contribution is -0.389. The first kappa shape index (κ1) is 34.8. The molecule has 238 valence electrons. The van der Waals surface area contributed by atoms with Gasteiger partial charge in [-0.2, -0.15) is 48.3 Å². The van der Waals surface area contributed by atoms with E-state index in [9.17, 15) is 62.3 Å². The van der Waals surface area contributed by atoms with Crippen molar-refractivity contribution in [3.8, 4) is 0 Å². The Labute approximate surface area is 246 Å². The fourth-order valence-corrected chi connectivity index (χ4v) is 4.48. The molecule has 3 rings (SSSR count). The van der Waals surface area contributed by atoms with E-state index < -0.39 is 93.2 Å². The molecule has 0 aliphatic heterocycles. The number of benzene rings is 3. The molecular weight excluding hydrogens is 699 g/mol. The normalized spacial score (nSPS) is 14.2. The van der Waals surface area contributed by atoms with Crippen LogP contribution in [-0.4, -0.2) is 36.5 Å². The summed E-state index contributed by atoms with van der Waals surface area (Å²) >= 11 is 2.31. The number of halogens is 14. The molecule has 0 aliphatic carbocycles. The zero-order valence-corrected chi connectivity index (χ0v) is 22.7. The van der Waals surface area contributed by atoms with Gasteiger partial charge < -0.3 is 0 Å². The lowest BCUT2D eigenvalue weighted by Gasteiger charge is -2.37. The summed E-state index contributed by atoms with van der Waals surface area (Å²) in [5, 5.41) is -0.189. The average Bonchev–Trinajstić information content (AvgIpc) is 2.91. The van der Waals surface area contributed by atoms with Crippen LogP contribution in [-0.2, 0) is 11.8 Å². The molecule has 0 spiro atoms. The summed E-state index contributed by atoms with van der Waals surface area (Å²) in [5.41, 5.74) is -12.9. The van der Waals surface area contributed by atoms with E-state index in [4.69, 9.17) is 0 Å². The third-order valence-corrected chi connectivity index (χ3v) is 6.57. The van der Waals surface area contributed by atoms with E-state index in [2.05, 4.69) is 15.9 Å². The fraction of sp³-hybridized carbons (Fsp3) is 0.231. The van der Waals surface area contributed by atoms with Crippen molar-refractivity contribution < 1.29 is 66.7 Å². The monoisotopic (exact) mass is 712 g/mol. The number of anilines is 1. The van der Waals surface area contributed by atoms with Crippen molar-refractivity contribution in [3.05, 3.63) is 99.3 Å². The predicted octanol–water partition coefficient (Wildman–Crippen LogP) is 8.57. The van der Waals surface area contributed by atoms with Gasteiger partial charge in [-0.3, -0.25) is 9.59 Å². The summed E-state index contributed by atoms with van der Waals surface area (Å²) in [4.78, 5) is 25.9. The molecule has 0 aliphatic rings. The summed E-state index contributed by atoms with van der Waals surface area (Å²) in [7, 11) is 0. The second-order valence-corrected chi connectivity index (χ2v) is 9.68. The van der Waals surface area contributed by atoms with Gasteiger partial charge in [-0.1, -0.05) is 42.5 Å². The van der Waals surface area contributed by atoms with Crippen LogP contribution in [0.2, 0.25) is 0 Å². The molecule has 1 N–H and O–H groups in total. The number of alkyl halides is 12. The Morgan fingerprint density at radius 1 is 0.750 bits per heavy atom. The highest BCUT2D eigenvalue weighted by Crippen LogP contribution is 2.59. The molecule has 1 unspecified atom stereocenters. The minimum absolute atomic E-state index is 0.0643. The highest BCUT2D eigenvalue weighted by atomic mass is 79.9. The van der Waals surface area contributed by atoms with Crippen molar-refractivity contribution in [1.82, 2.24) is 5.43 Å². The molecule has 0 bridgehead atoms. The van der Waals surface area contributed by atoms with Gasteiger partial charge in [0, 0.05) is 15.6 Å². The fourth-order valence-electron chi connectivity index (χ4n) is 3.84. The van der Waals surface area contributed by atoms with E-state index in [1.807, 2.05) is 5.43 Å². The zero-order chi connectivity index (χ0) is 33.5. The number of rotatable bonds is 8. The van der Waals surface area contributed by atoms with Crippen molar-refractivity contribution in [1.29, 1.82) is 0 Å². The van der Waals surface area contributed by atoms with Gasteiger partial charge in [0.2, 0.25) is 0 Å². The molecule has 4 nitrogen and oxygen atoms in total. The molecule has 3 aromatic rings. The predicted molar refractivity (Wildman–Crippen MR) is 131 cm³/mol. The number of amides is 1. The SMILES string of the molecule is O=C(CNN(C(=O)c1ccccc1F)c1c(Br)cc(C(F)(C(F)(F)F)C(F)(F)C(F)(F)F)cc1C(F)(F)F)c1ccccc1. The van der Waals surface area contributed by atoms with Crippen molar-refractivity contribution >= 4 is 33.3 Å². The number of nitrogens with one attached hydrogen (secondary N) is 1. The molecule has 3 aromatic carbocycles. The Bertz CT molecular complexity index is 1540. The van der Waals surface area contributed by atoms with E-state index in [0.717, 1.165) is 18.2 Å². The number of hydrogen-bond acceptors (Lipinski definition) is 3. The van der Waals surface area contributed by atoms with Crippen molar-refractivity contribution in [2.24, 2.45) is 0 Å². The van der Waals surface area contributed by atoms with E-state index in [-0.39, 0.29) is 10.6 Å². The smallest absolute Gasteiger partial charge is 0.293 e.